The maximum absolute atomic E-state index is 11.8. The fourth-order valence-electron chi connectivity index (χ4n) is 3.31. The molecule has 0 aliphatic rings. The Labute approximate surface area is 209 Å². The Morgan fingerprint density at radius 2 is 1.16 bits per heavy atom. The van der Waals surface area contributed by atoms with Crippen molar-refractivity contribution in [3.63, 3.8) is 0 Å². The molecule has 0 saturated carbocycles. The quantitative estimate of drug-likeness (QED) is 0.388. The Balaban J connectivity index is 0.00000113. The zero-order valence-electron chi connectivity index (χ0n) is 13.5. The third-order valence-electron chi connectivity index (χ3n) is 4.39. The van der Waals surface area contributed by atoms with Crippen LogP contribution in [0.2, 0.25) is 0 Å². The number of hydrogen-bond acceptors (Lipinski definition) is 1. The van der Waals surface area contributed by atoms with E-state index in [2.05, 4.69) is 55.5 Å². The minimum atomic E-state index is 0. The first-order valence-electron chi connectivity index (χ1n) is 7.63. The van der Waals surface area contributed by atoms with Gasteiger partial charge in [-0.05, 0) is 45.7 Å². The zero-order valence-corrected chi connectivity index (χ0v) is 15.8. The predicted molar refractivity (Wildman–Crippen MR) is 98.9 cm³/mol. The van der Waals surface area contributed by atoms with Crippen molar-refractivity contribution in [3.8, 4) is 11.1 Å². The van der Waals surface area contributed by atoms with Crippen molar-refractivity contribution in [2.45, 2.75) is 6.92 Å². The Morgan fingerprint density at radius 3 is 1.76 bits per heavy atom. The summed E-state index contributed by atoms with van der Waals surface area (Å²) in [5, 5.41) is 5.56. The van der Waals surface area contributed by atoms with Gasteiger partial charge < -0.3 is 0 Å². The molecule has 0 aromatic heterocycles. The van der Waals surface area contributed by atoms with Crippen molar-refractivity contribution in [1.82, 2.24) is 0 Å². The molecule has 0 unspecified atom stereocenters. The number of hydrogen-bond donors (Lipinski definition) is 0. The van der Waals surface area contributed by atoms with Crippen molar-refractivity contribution in [1.29, 1.82) is 0 Å². The van der Waals surface area contributed by atoms with E-state index in [1.807, 2.05) is 24.3 Å². The van der Waals surface area contributed by atoms with Crippen molar-refractivity contribution in [2.75, 3.05) is 0 Å². The monoisotopic (exact) mass is 394 g/mol. The van der Waals surface area contributed by atoms with Gasteiger partial charge >= 0.3 is 0 Å². The molecule has 0 fully saturated rings. The Bertz CT molecular complexity index is 1060. The van der Waals surface area contributed by atoms with Gasteiger partial charge in [0.25, 0.3) is 0 Å². The maximum atomic E-state index is 11.8. The molecule has 25 heavy (non-hydrogen) atoms. The van der Waals surface area contributed by atoms with Crippen molar-refractivity contribution >= 4 is 35.3 Å². The van der Waals surface area contributed by atoms with E-state index in [9.17, 15) is 4.57 Å². The van der Waals surface area contributed by atoms with E-state index in [0.29, 0.717) is 0 Å². The molecule has 0 amide bonds. The topological polar surface area (TPSA) is 17.1 Å². The van der Waals surface area contributed by atoms with Gasteiger partial charge in [-0.25, -0.2) is 0 Å². The molecule has 0 spiro atoms. The summed E-state index contributed by atoms with van der Waals surface area (Å²) < 4.78 is 11.8. The molecule has 0 aliphatic carbocycles. The van der Waals surface area contributed by atoms with Gasteiger partial charge in [0.15, 0.2) is 8.46 Å². The molecule has 0 bridgehead atoms. The molecule has 4 heteroatoms. The van der Waals surface area contributed by atoms with E-state index in [1.165, 1.54) is 27.3 Å². The third kappa shape index (κ3) is 3.99. The van der Waals surface area contributed by atoms with Crippen LogP contribution in [0, 0.1) is 82.4 Å². The molecule has 0 heterocycles. The molecule has 126 valence electrons. The van der Waals surface area contributed by atoms with E-state index in [1.54, 1.807) is 0 Å². The fourth-order valence-corrected chi connectivity index (χ4v) is 3.77. The molecule has 1 nitrogen and oxygen atoms in total. The number of benzene rings is 4. The van der Waals surface area contributed by atoms with Crippen LogP contribution in [0.4, 0.5) is 0 Å². The van der Waals surface area contributed by atoms with Gasteiger partial charge in [-0.1, -0.05) is 66.7 Å². The first kappa shape index (κ1) is 21.3. The summed E-state index contributed by atoms with van der Waals surface area (Å²) >= 11 is 0. The van der Waals surface area contributed by atoms with Crippen LogP contribution >= 0.6 is 8.46 Å². The van der Waals surface area contributed by atoms with Crippen LogP contribution in [0.3, 0.4) is 0 Å². The summed E-state index contributed by atoms with van der Waals surface area (Å²) in [5.74, 6) is 0. The SMILES string of the molecule is Cc1ccc2ccccc2c1-c1c(P=O)ccc2ccccc12.[Ar].[Ar]. The van der Waals surface area contributed by atoms with Crippen molar-refractivity contribution in [3.05, 3.63) is 78.4 Å². The first-order chi connectivity index (χ1) is 11.3. The summed E-state index contributed by atoms with van der Waals surface area (Å²) in [5.41, 5.74) is 3.46. The van der Waals surface area contributed by atoms with Gasteiger partial charge in [-0.15, -0.1) is 0 Å². The molecule has 0 N–H and O–H groups in total. The van der Waals surface area contributed by atoms with E-state index >= 15 is 0 Å². The van der Waals surface area contributed by atoms with Crippen LogP contribution in [0.25, 0.3) is 32.7 Å². The van der Waals surface area contributed by atoms with Crippen LogP contribution in [-0.2, 0) is 4.57 Å². The van der Waals surface area contributed by atoms with Crippen molar-refractivity contribution in [2.24, 2.45) is 0 Å². The van der Waals surface area contributed by atoms with E-state index in [0.717, 1.165) is 16.3 Å². The van der Waals surface area contributed by atoms with E-state index in [4.69, 9.17) is 0 Å². The number of aryl methyl sites for hydroxylation is 1. The van der Waals surface area contributed by atoms with Crippen LogP contribution < -0.4 is 5.30 Å². The minimum absolute atomic E-state index is 0. The molecular formula is C21H15Ar2OP. The molecule has 4 rings (SSSR count). The third-order valence-corrected chi connectivity index (χ3v) is 4.96. The molecular weight excluding hydrogens is 379 g/mol. The zero-order chi connectivity index (χ0) is 15.8. The van der Waals surface area contributed by atoms with Gasteiger partial charge in [0.2, 0.25) is 0 Å². The molecule has 0 saturated heterocycles. The summed E-state index contributed by atoms with van der Waals surface area (Å²) in [7, 11) is 0.0538. The minimum Gasteiger partial charge on any atom is -0.269 e. The summed E-state index contributed by atoms with van der Waals surface area (Å²) in [6.07, 6.45) is 0. The second-order valence-electron chi connectivity index (χ2n) is 5.75. The fraction of sp³-hybridized carbons (Fsp3) is 0.0476. The second-order valence-corrected chi connectivity index (χ2v) is 6.42. The molecule has 0 radical (unpaired) electrons. The molecule has 0 aliphatic heterocycles. The van der Waals surface area contributed by atoms with Crippen LogP contribution in [0.15, 0.2) is 72.8 Å². The summed E-state index contributed by atoms with van der Waals surface area (Å²) in [6.45, 7) is 2.12. The summed E-state index contributed by atoms with van der Waals surface area (Å²) in [4.78, 5) is 0. The first-order valence-corrected chi connectivity index (χ1v) is 8.44. The van der Waals surface area contributed by atoms with Gasteiger partial charge in [0.1, 0.15) is 0 Å². The standard InChI is InChI=1S/C21H15OP.2Ar/c1-14-10-11-15-6-2-4-8-17(15)20(14)21-18-9-5-3-7-16(18)12-13-19(21)23-22;;/h2-13H,1H3;;. The van der Waals surface area contributed by atoms with E-state index in [-0.39, 0.29) is 83.9 Å². The number of fused-ring (bicyclic) bond motifs is 2. The second kappa shape index (κ2) is 9.29. The van der Waals surface area contributed by atoms with Gasteiger partial charge in [0, 0.05) is 81.0 Å². The van der Waals surface area contributed by atoms with Crippen LogP contribution in [-0.4, -0.2) is 0 Å². The average molecular weight is 394 g/mol. The normalized spacial score (nSPS) is 10.4. The Morgan fingerprint density at radius 1 is 0.640 bits per heavy atom. The van der Waals surface area contributed by atoms with Gasteiger partial charge in [-0.3, -0.25) is 4.57 Å². The molecule has 0 atom stereocenters. The van der Waals surface area contributed by atoms with Gasteiger partial charge in [-0.2, -0.15) is 0 Å². The van der Waals surface area contributed by atoms with E-state index < -0.39 is 0 Å². The predicted octanol–water partition coefficient (Wildman–Crippen LogP) is 5.89. The van der Waals surface area contributed by atoms with Crippen LogP contribution in [0.1, 0.15) is 5.56 Å². The maximum Gasteiger partial charge on any atom is 0.192 e. The van der Waals surface area contributed by atoms with Gasteiger partial charge in [0.05, 0.1) is 5.30 Å². The molecule has 4 aromatic carbocycles. The van der Waals surface area contributed by atoms with Crippen LogP contribution in [0.5, 0.6) is 0 Å². The average Bonchev–Trinajstić information content (AvgIpc) is 2.61. The Hall–Kier alpha value is 0.0195. The smallest absolute Gasteiger partial charge is 0.192 e. The Kier molecular flexibility index (Phi) is 7.92. The number of rotatable bonds is 2. The largest absolute Gasteiger partial charge is 0.269 e. The molecule has 4 aromatic rings. The summed E-state index contributed by atoms with van der Waals surface area (Å²) in [6, 6.07) is 25.0. The van der Waals surface area contributed by atoms with Crippen molar-refractivity contribution < 1.29 is 80.0 Å².